The Labute approximate surface area is 89.5 Å². The van der Waals surface area contributed by atoms with E-state index < -0.39 is 9.84 Å². The molecule has 1 atom stereocenters. The number of aryl methyl sites for hydroxylation is 1. The summed E-state index contributed by atoms with van der Waals surface area (Å²) in [5.41, 5.74) is 3.45. The summed E-state index contributed by atoms with van der Waals surface area (Å²) in [6.07, 6.45) is 3.23. The Kier molecular flexibility index (Phi) is 3.90. The topological polar surface area (TPSA) is 85.3 Å². The molecule has 0 saturated carbocycles. The lowest BCUT2D eigenvalue weighted by Gasteiger charge is -2.12. The van der Waals surface area contributed by atoms with Crippen LogP contribution in [0.15, 0.2) is 16.7 Å². The van der Waals surface area contributed by atoms with Gasteiger partial charge in [0.1, 0.15) is 15.6 Å². The molecule has 86 valence electrons. The van der Waals surface area contributed by atoms with E-state index in [1.807, 2.05) is 13.0 Å². The van der Waals surface area contributed by atoms with Crippen LogP contribution in [0.5, 0.6) is 0 Å². The summed E-state index contributed by atoms with van der Waals surface area (Å²) in [5, 5.41) is 0. The molecule has 1 rings (SSSR count). The summed E-state index contributed by atoms with van der Waals surface area (Å²) < 4.78 is 27.1. The molecule has 0 aliphatic carbocycles. The number of nitrogens with one attached hydrogen (secondary N) is 1. The van der Waals surface area contributed by atoms with Crippen molar-refractivity contribution in [2.75, 3.05) is 12.0 Å². The normalized spacial score (nSPS) is 14.1. The zero-order chi connectivity index (χ0) is 11.5. The van der Waals surface area contributed by atoms with Crippen LogP contribution in [0.2, 0.25) is 0 Å². The third-order valence-electron chi connectivity index (χ3n) is 2.13. The van der Waals surface area contributed by atoms with Crippen molar-refractivity contribution in [1.82, 2.24) is 5.43 Å². The zero-order valence-electron chi connectivity index (χ0n) is 8.86. The van der Waals surface area contributed by atoms with Gasteiger partial charge in [0.25, 0.3) is 0 Å². The standard InChI is InChI=1S/C9H16N2O3S/c1-7-5-8(6-14-7)9(11-10)3-4-15(2,12)13/h5-6,9,11H,3-4,10H2,1-2H3. The van der Waals surface area contributed by atoms with E-state index in [0.29, 0.717) is 6.42 Å². The molecule has 1 aromatic rings. The summed E-state index contributed by atoms with van der Waals surface area (Å²) in [5.74, 6) is 6.24. The molecule has 5 nitrogen and oxygen atoms in total. The molecule has 1 unspecified atom stereocenters. The average molecular weight is 232 g/mol. The molecular formula is C9H16N2O3S. The second-order valence-corrected chi connectivity index (χ2v) is 5.89. The maximum absolute atomic E-state index is 11.0. The predicted molar refractivity (Wildman–Crippen MR) is 57.8 cm³/mol. The molecule has 1 heterocycles. The van der Waals surface area contributed by atoms with Crippen LogP contribution in [0.25, 0.3) is 0 Å². The van der Waals surface area contributed by atoms with Crippen LogP contribution in [-0.2, 0) is 9.84 Å². The van der Waals surface area contributed by atoms with E-state index in [-0.39, 0.29) is 11.8 Å². The molecule has 3 N–H and O–H groups in total. The minimum atomic E-state index is -2.96. The van der Waals surface area contributed by atoms with Gasteiger partial charge >= 0.3 is 0 Å². The summed E-state index contributed by atoms with van der Waals surface area (Å²) in [6, 6.07) is 1.66. The lowest BCUT2D eigenvalue weighted by Crippen LogP contribution is -2.29. The van der Waals surface area contributed by atoms with Crippen molar-refractivity contribution in [3.05, 3.63) is 23.7 Å². The number of hydrogen-bond donors (Lipinski definition) is 2. The summed E-state index contributed by atoms with van der Waals surface area (Å²) in [4.78, 5) is 0. The first-order chi connectivity index (χ1) is 6.92. The number of rotatable bonds is 5. The number of hydrogen-bond acceptors (Lipinski definition) is 5. The highest BCUT2D eigenvalue weighted by Crippen LogP contribution is 2.19. The first-order valence-electron chi connectivity index (χ1n) is 4.61. The van der Waals surface area contributed by atoms with Gasteiger partial charge in [-0.25, -0.2) is 8.42 Å². The second-order valence-electron chi connectivity index (χ2n) is 3.63. The molecule has 15 heavy (non-hydrogen) atoms. The van der Waals surface area contributed by atoms with Gasteiger partial charge in [0.15, 0.2) is 0 Å². The smallest absolute Gasteiger partial charge is 0.147 e. The van der Waals surface area contributed by atoms with Gasteiger partial charge in [-0.2, -0.15) is 0 Å². The Morgan fingerprint density at radius 1 is 1.60 bits per heavy atom. The number of furan rings is 1. The highest BCUT2D eigenvalue weighted by Gasteiger charge is 2.14. The van der Waals surface area contributed by atoms with Crippen LogP contribution >= 0.6 is 0 Å². The van der Waals surface area contributed by atoms with Gasteiger partial charge in [-0.05, 0) is 19.4 Å². The molecule has 0 aliphatic heterocycles. The highest BCUT2D eigenvalue weighted by molar-refractivity contribution is 7.90. The lowest BCUT2D eigenvalue weighted by atomic mass is 10.1. The molecule has 6 heteroatoms. The highest BCUT2D eigenvalue weighted by atomic mass is 32.2. The van der Waals surface area contributed by atoms with Crippen molar-refractivity contribution in [2.45, 2.75) is 19.4 Å². The van der Waals surface area contributed by atoms with Gasteiger partial charge in [0.05, 0.1) is 18.1 Å². The Bertz CT molecular complexity index is 411. The van der Waals surface area contributed by atoms with Crippen LogP contribution < -0.4 is 11.3 Å². The Balaban J connectivity index is 2.65. The van der Waals surface area contributed by atoms with E-state index in [4.69, 9.17) is 10.3 Å². The molecule has 0 fully saturated rings. The minimum Gasteiger partial charge on any atom is -0.469 e. The predicted octanol–water partition coefficient (Wildman–Crippen LogP) is 0.527. The van der Waals surface area contributed by atoms with Gasteiger partial charge in [-0.3, -0.25) is 11.3 Å². The van der Waals surface area contributed by atoms with Gasteiger partial charge in [-0.15, -0.1) is 0 Å². The first kappa shape index (κ1) is 12.2. The summed E-state index contributed by atoms with van der Waals surface area (Å²) in [7, 11) is -2.96. The van der Waals surface area contributed by atoms with Crippen molar-refractivity contribution in [3.63, 3.8) is 0 Å². The van der Waals surface area contributed by atoms with Crippen molar-refractivity contribution >= 4 is 9.84 Å². The molecule has 0 saturated heterocycles. The Hall–Kier alpha value is -0.850. The van der Waals surface area contributed by atoms with Crippen molar-refractivity contribution in [2.24, 2.45) is 5.84 Å². The molecular weight excluding hydrogens is 216 g/mol. The van der Waals surface area contributed by atoms with Gasteiger partial charge in [-0.1, -0.05) is 0 Å². The second kappa shape index (κ2) is 4.78. The number of nitrogens with two attached hydrogens (primary N) is 1. The SMILES string of the molecule is Cc1cc(C(CCS(C)(=O)=O)NN)co1. The lowest BCUT2D eigenvalue weighted by molar-refractivity contribution is 0.504. The first-order valence-corrected chi connectivity index (χ1v) is 6.67. The van der Waals surface area contributed by atoms with Crippen molar-refractivity contribution < 1.29 is 12.8 Å². The van der Waals surface area contributed by atoms with E-state index in [1.54, 1.807) is 6.26 Å². The molecule has 0 radical (unpaired) electrons. The van der Waals surface area contributed by atoms with Crippen molar-refractivity contribution in [1.29, 1.82) is 0 Å². The molecule has 1 aromatic heterocycles. The quantitative estimate of drug-likeness (QED) is 0.571. The fourth-order valence-electron chi connectivity index (χ4n) is 1.32. The van der Waals surface area contributed by atoms with Gasteiger partial charge < -0.3 is 4.42 Å². The molecule has 0 spiro atoms. The van der Waals surface area contributed by atoms with E-state index in [9.17, 15) is 8.42 Å². The molecule has 0 bridgehead atoms. The van der Waals surface area contributed by atoms with E-state index in [0.717, 1.165) is 11.3 Å². The van der Waals surface area contributed by atoms with E-state index >= 15 is 0 Å². The monoisotopic (exact) mass is 232 g/mol. The fraction of sp³-hybridized carbons (Fsp3) is 0.556. The Morgan fingerprint density at radius 2 is 2.27 bits per heavy atom. The summed E-state index contributed by atoms with van der Waals surface area (Å²) >= 11 is 0. The van der Waals surface area contributed by atoms with Crippen LogP contribution in [-0.4, -0.2) is 20.4 Å². The van der Waals surface area contributed by atoms with Crippen molar-refractivity contribution in [3.8, 4) is 0 Å². The van der Waals surface area contributed by atoms with Crippen LogP contribution in [0.3, 0.4) is 0 Å². The molecule has 0 aliphatic rings. The molecule has 0 aromatic carbocycles. The van der Waals surface area contributed by atoms with E-state index in [2.05, 4.69) is 5.43 Å². The Morgan fingerprint density at radius 3 is 2.67 bits per heavy atom. The maximum Gasteiger partial charge on any atom is 0.147 e. The average Bonchev–Trinajstić information content (AvgIpc) is 2.51. The third kappa shape index (κ3) is 4.03. The van der Waals surface area contributed by atoms with Crippen LogP contribution in [0, 0.1) is 6.92 Å². The zero-order valence-corrected chi connectivity index (χ0v) is 9.67. The summed E-state index contributed by atoms with van der Waals surface area (Å²) in [6.45, 7) is 1.83. The maximum atomic E-state index is 11.0. The van der Waals surface area contributed by atoms with Gasteiger partial charge in [0.2, 0.25) is 0 Å². The largest absolute Gasteiger partial charge is 0.469 e. The number of hydrazine groups is 1. The third-order valence-corrected chi connectivity index (χ3v) is 3.11. The van der Waals surface area contributed by atoms with Crippen LogP contribution in [0.4, 0.5) is 0 Å². The van der Waals surface area contributed by atoms with Crippen LogP contribution in [0.1, 0.15) is 23.8 Å². The van der Waals surface area contributed by atoms with Gasteiger partial charge in [0, 0.05) is 11.8 Å². The fourth-order valence-corrected chi connectivity index (χ4v) is 1.99. The minimum absolute atomic E-state index is 0.103. The van der Waals surface area contributed by atoms with E-state index in [1.165, 1.54) is 6.26 Å². The number of sulfone groups is 1. The molecule has 0 amide bonds.